The molecule has 3 aromatic carbocycles. The van der Waals surface area contributed by atoms with Crippen LogP contribution in [0.2, 0.25) is 0 Å². The molecule has 1 heterocycles. The van der Waals surface area contributed by atoms with Gasteiger partial charge in [-0.15, -0.1) is 11.3 Å². The van der Waals surface area contributed by atoms with Crippen LogP contribution in [0, 0.1) is 0 Å². The lowest BCUT2D eigenvalue weighted by molar-refractivity contribution is -0.136. The van der Waals surface area contributed by atoms with E-state index in [0.29, 0.717) is 12.1 Å². The fourth-order valence-corrected chi connectivity index (χ4v) is 4.53. The topological polar surface area (TPSA) is 82.5 Å². The molecule has 1 aromatic heterocycles. The Morgan fingerprint density at radius 2 is 1.57 bits per heavy atom. The van der Waals surface area contributed by atoms with E-state index < -0.39 is 5.97 Å². The predicted molar refractivity (Wildman–Crippen MR) is 140 cm³/mol. The van der Waals surface area contributed by atoms with Crippen LogP contribution in [0.1, 0.15) is 27.9 Å². The number of nitrogens with zero attached hydrogens (tertiary/aromatic N) is 2. The Morgan fingerprint density at radius 1 is 0.886 bits per heavy atom. The standard InChI is InChI=1S/C28H27N3O3S/c32-26(33)15-17-29-27(34)24-13-11-22(12-14-24)19-31(18-16-21-7-3-1-4-8-21)28-30-25(20-35-28)23-9-5-2-6-10-23/h1-14,20H,15-19H2,(H,29,34)(H,32,33). The molecule has 0 fully saturated rings. The minimum absolute atomic E-state index is 0.0982. The van der Waals surface area contributed by atoms with Crippen LogP contribution in [0.25, 0.3) is 11.3 Å². The lowest BCUT2D eigenvalue weighted by Gasteiger charge is -2.22. The minimum atomic E-state index is -0.936. The molecule has 0 aliphatic carbocycles. The largest absolute Gasteiger partial charge is 0.481 e. The van der Waals surface area contributed by atoms with E-state index in [9.17, 15) is 9.59 Å². The highest BCUT2D eigenvalue weighted by atomic mass is 32.1. The van der Waals surface area contributed by atoms with Crippen LogP contribution in [0.15, 0.2) is 90.3 Å². The van der Waals surface area contributed by atoms with E-state index >= 15 is 0 Å². The zero-order chi connectivity index (χ0) is 24.5. The molecule has 1 amide bonds. The average molecular weight is 486 g/mol. The van der Waals surface area contributed by atoms with Crippen molar-refractivity contribution in [2.75, 3.05) is 18.0 Å². The van der Waals surface area contributed by atoms with Gasteiger partial charge < -0.3 is 15.3 Å². The lowest BCUT2D eigenvalue weighted by Crippen LogP contribution is -2.26. The number of carboxylic acids is 1. The maximum absolute atomic E-state index is 12.3. The summed E-state index contributed by atoms with van der Waals surface area (Å²) in [5.41, 5.74) is 4.90. The van der Waals surface area contributed by atoms with E-state index in [0.717, 1.165) is 34.9 Å². The Kier molecular flexibility index (Phi) is 8.25. The van der Waals surface area contributed by atoms with Gasteiger partial charge in [-0.1, -0.05) is 72.8 Å². The van der Waals surface area contributed by atoms with Gasteiger partial charge in [0.25, 0.3) is 5.91 Å². The zero-order valence-electron chi connectivity index (χ0n) is 19.3. The summed E-state index contributed by atoms with van der Waals surface area (Å²) in [7, 11) is 0. The fourth-order valence-electron chi connectivity index (χ4n) is 3.67. The zero-order valence-corrected chi connectivity index (χ0v) is 20.1. The van der Waals surface area contributed by atoms with Gasteiger partial charge in [0.2, 0.25) is 0 Å². The first-order chi connectivity index (χ1) is 17.1. The molecule has 0 saturated heterocycles. The number of hydrogen-bond donors (Lipinski definition) is 2. The Bertz CT molecular complexity index is 1240. The van der Waals surface area contributed by atoms with Crippen molar-refractivity contribution in [1.82, 2.24) is 10.3 Å². The van der Waals surface area contributed by atoms with Gasteiger partial charge in [-0.25, -0.2) is 4.98 Å². The molecular weight excluding hydrogens is 458 g/mol. The van der Waals surface area contributed by atoms with Crippen LogP contribution >= 0.6 is 11.3 Å². The number of rotatable bonds is 11. The molecule has 0 spiro atoms. The van der Waals surface area contributed by atoms with Crippen LogP contribution in [-0.2, 0) is 17.8 Å². The quantitative estimate of drug-likeness (QED) is 0.303. The van der Waals surface area contributed by atoms with E-state index in [1.165, 1.54) is 5.56 Å². The molecule has 0 atom stereocenters. The van der Waals surface area contributed by atoms with Crippen molar-refractivity contribution >= 4 is 28.3 Å². The molecule has 0 aliphatic rings. The number of aromatic nitrogens is 1. The van der Waals surface area contributed by atoms with E-state index in [1.807, 2.05) is 36.4 Å². The van der Waals surface area contributed by atoms with Crippen molar-refractivity contribution in [2.45, 2.75) is 19.4 Å². The molecule has 178 valence electrons. The Balaban J connectivity index is 1.48. The molecular formula is C28H27N3O3S. The number of aliphatic carboxylic acids is 1. The van der Waals surface area contributed by atoms with Gasteiger partial charge in [-0.05, 0) is 29.7 Å². The maximum atomic E-state index is 12.3. The number of hydrogen-bond acceptors (Lipinski definition) is 5. The predicted octanol–water partition coefficient (Wildman–Crippen LogP) is 5.26. The van der Waals surface area contributed by atoms with Crippen molar-refractivity contribution in [2.24, 2.45) is 0 Å². The van der Waals surface area contributed by atoms with Crippen molar-refractivity contribution < 1.29 is 14.7 Å². The molecule has 4 aromatic rings. The molecule has 6 nitrogen and oxygen atoms in total. The highest BCUT2D eigenvalue weighted by Crippen LogP contribution is 2.28. The third-order valence-electron chi connectivity index (χ3n) is 5.56. The summed E-state index contributed by atoms with van der Waals surface area (Å²) in [6, 6.07) is 28.0. The number of anilines is 1. The van der Waals surface area contributed by atoms with Crippen molar-refractivity contribution in [3.63, 3.8) is 0 Å². The number of nitrogens with one attached hydrogen (secondary N) is 1. The van der Waals surface area contributed by atoms with Gasteiger partial charge in [-0.3, -0.25) is 9.59 Å². The highest BCUT2D eigenvalue weighted by molar-refractivity contribution is 7.14. The molecule has 0 radical (unpaired) electrons. The number of carbonyl (C=O) groups is 2. The summed E-state index contributed by atoms with van der Waals surface area (Å²) < 4.78 is 0. The van der Waals surface area contributed by atoms with Crippen LogP contribution in [0.3, 0.4) is 0 Å². The van der Waals surface area contributed by atoms with Crippen LogP contribution in [-0.4, -0.2) is 35.1 Å². The Hall–Kier alpha value is -3.97. The summed E-state index contributed by atoms with van der Waals surface area (Å²) in [5.74, 6) is -1.21. The van der Waals surface area contributed by atoms with E-state index in [1.54, 1.807) is 23.5 Å². The van der Waals surface area contributed by atoms with Gasteiger partial charge in [0.05, 0.1) is 12.1 Å². The van der Waals surface area contributed by atoms with Crippen LogP contribution in [0.4, 0.5) is 5.13 Å². The first-order valence-corrected chi connectivity index (χ1v) is 12.4. The summed E-state index contributed by atoms with van der Waals surface area (Å²) in [6.07, 6.45) is 0.796. The molecule has 4 rings (SSSR count). The summed E-state index contributed by atoms with van der Waals surface area (Å²) in [4.78, 5) is 30.1. The summed E-state index contributed by atoms with van der Waals surface area (Å²) in [5, 5.41) is 14.4. The van der Waals surface area contributed by atoms with Gasteiger partial charge >= 0.3 is 5.97 Å². The molecule has 35 heavy (non-hydrogen) atoms. The molecule has 7 heteroatoms. The third-order valence-corrected chi connectivity index (χ3v) is 6.46. The number of thiazole rings is 1. The average Bonchev–Trinajstić information content (AvgIpc) is 3.38. The first kappa shape index (κ1) is 24.2. The Labute approximate surface area is 208 Å². The van der Waals surface area contributed by atoms with Crippen molar-refractivity contribution in [1.29, 1.82) is 0 Å². The lowest BCUT2D eigenvalue weighted by atomic mass is 10.1. The van der Waals surface area contributed by atoms with Gasteiger partial charge in [0.15, 0.2) is 5.13 Å². The van der Waals surface area contributed by atoms with Crippen LogP contribution in [0.5, 0.6) is 0 Å². The fraction of sp³-hybridized carbons (Fsp3) is 0.179. The first-order valence-electron chi connectivity index (χ1n) is 11.5. The second kappa shape index (κ2) is 11.9. The molecule has 0 bridgehead atoms. The monoisotopic (exact) mass is 485 g/mol. The third kappa shape index (κ3) is 7.01. The van der Waals surface area contributed by atoms with Gasteiger partial charge in [0.1, 0.15) is 0 Å². The van der Waals surface area contributed by atoms with E-state index in [2.05, 4.69) is 52.0 Å². The van der Waals surface area contributed by atoms with Crippen LogP contribution < -0.4 is 10.2 Å². The summed E-state index contributed by atoms with van der Waals surface area (Å²) in [6.45, 7) is 1.58. The number of carbonyl (C=O) groups excluding carboxylic acids is 1. The Morgan fingerprint density at radius 3 is 2.26 bits per heavy atom. The molecule has 2 N–H and O–H groups in total. The molecule has 0 unspecified atom stereocenters. The smallest absolute Gasteiger partial charge is 0.305 e. The highest BCUT2D eigenvalue weighted by Gasteiger charge is 2.14. The second-order valence-corrected chi connectivity index (χ2v) is 8.97. The van der Waals surface area contributed by atoms with Crippen molar-refractivity contribution in [3.05, 3.63) is 107 Å². The summed E-state index contributed by atoms with van der Waals surface area (Å²) >= 11 is 1.63. The minimum Gasteiger partial charge on any atom is -0.481 e. The second-order valence-electron chi connectivity index (χ2n) is 8.14. The van der Waals surface area contributed by atoms with Gasteiger partial charge in [-0.2, -0.15) is 0 Å². The van der Waals surface area contributed by atoms with Crippen molar-refractivity contribution in [3.8, 4) is 11.3 Å². The maximum Gasteiger partial charge on any atom is 0.305 e. The van der Waals surface area contributed by atoms with E-state index in [4.69, 9.17) is 10.1 Å². The normalized spacial score (nSPS) is 10.6. The SMILES string of the molecule is O=C(O)CCNC(=O)c1ccc(CN(CCc2ccccc2)c2nc(-c3ccccc3)cs2)cc1. The number of benzene rings is 3. The number of amides is 1. The molecule has 0 saturated carbocycles. The van der Waals surface area contributed by atoms with Gasteiger partial charge in [0, 0.05) is 36.1 Å². The van der Waals surface area contributed by atoms with E-state index in [-0.39, 0.29) is 18.9 Å². The number of carboxylic acid groups (broad SMARTS) is 1. The molecule has 0 aliphatic heterocycles.